The van der Waals surface area contributed by atoms with Gasteiger partial charge >= 0.3 is 0 Å². The Kier molecular flexibility index (Phi) is 3.26. The van der Waals surface area contributed by atoms with Gasteiger partial charge in [0.1, 0.15) is 6.10 Å². The highest BCUT2D eigenvalue weighted by Crippen LogP contribution is 2.16. The van der Waals surface area contributed by atoms with Crippen molar-refractivity contribution in [3.05, 3.63) is 35.4 Å². The van der Waals surface area contributed by atoms with Crippen LogP contribution in [0, 0.1) is 6.92 Å². The lowest BCUT2D eigenvalue weighted by Crippen LogP contribution is -2.05. The lowest BCUT2D eigenvalue weighted by molar-refractivity contribution is 0.0484. The largest absolute Gasteiger partial charge is 0.393 e. The van der Waals surface area contributed by atoms with Crippen molar-refractivity contribution in [2.24, 2.45) is 0 Å². The molecule has 0 unspecified atom stereocenters. The Morgan fingerprint density at radius 2 is 2.25 bits per heavy atom. The number of rotatable bonds is 3. The first-order valence-corrected chi connectivity index (χ1v) is 3.98. The van der Waals surface area contributed by atoms with Gasteiger partial charge in [0.15, 0.2) is 0 Å². The molecule has 0 aromatic heterocycles. The van der Waals surface area contributed by atoms with Crippen molar-refractivity contribution < 1.29 is 9.84 Å². The second kappa shape index (κ2) is 4.24. The van der Waals surface area contributed by atoms with Gasteiger partial charge in [0.05, 0.1) is 6.61 Å². The van der Waals surface area contributed by atoms with Crippen molar-refractivity contribution >= 4 is 0 Å². The summed E-state index contributed by atoms with van der Waals surface area (Å²) in [6.07, 6.45) is -0.190. The molecule has 1 rings (SSSR count). The molecule has 0 radical (unpaired) electrons. The van der Waals surface area contributed by atoms with Crippen LogP contribution in [-0.4, -0.2) is 18.8 Å². The molecule has 1 atom stereocenters. The van der Waals surface area contributed by atoms with Gasteiger partial charge in [-0.25, -0.2) is 0 Å². The van der Waals surface area contributed by atoms with Crippen LogP contribution >= 0.6 is 0 Å². The maximum Gasteiger partial charge on any atom is 0.105 e. The third-order valence-electron chi connectivity index (χ3n) is 1.86. The van der Waals surface area contributed by atoms with E-state index in [1.54, 1.807) is 7.11 Å². The van der Waals surface area contributed by atoms with E-state index >= 15 is 0 Å². The summed E-state index contributed by atoms with van der Waals surface area (Å²) in [5.41, 5.74) is 2.21. The molecular weight excluding hydrogens is 152 g/mol. The summed E-state index contributed by atoms with van der Waals surface area (Å²) in [6, 6.07) is 7.96. The minimum atomic E-state index is -0.190. The summed E-state index contributed by atoms with van der Waals surface area (Å²) in [7, 11) is 1.60. The molecule has 2 heteroatoms. The zero-order chi connectivity index (χ0) is 8.97. The van der Waals surface area contributed by atoms with E-state index in [-0.39, 0.29) is 12.7 Å². The lowest BCUT2D eigenvalue weighted by Gasteiger charge is -2.12. The predicted octanol–water partition coefficient (Wildman–Crippen LogP) is 1.67. The minimum Gasteiger partial charge on any atom is -0.393 e. The molecular formula is C10H14O2. The maximum absolute atomic E-state index is 8.95. The van der Waals surface area contributed by atoms with Gasteiger partial charge in [-0.15, -0.1) is 0 Å². The topological polar surface area (TPSA) is 29.5 Å². The molecule has 0 amide bonds. The Hall–Kier alpha value is -0.860. The van der Waals surface area contributed by atoms with Crippen LogP contribution < -0.4 is 0 Å². The fourth-order valence-electron chi connectivity index (χ4n) is 1.19. The van der Waals surface area contributed by atoms with Crippen molar-refractivity contribution in [3.63, 3.8) is 0 Å². The van der Waals surface area contributed by atoms with Crippen LogP contribution in [0.2, 0.25) is 0 Å². The normalized spacial score (nSPS) is 12.9. The van der Waals surface area contributed by atoms with E-state index in [2.05, 4.69) is 0 Å². The first-order chi connectivity index (χ1) is 5.77. The van der Waals surface area contributed by atoms with Gasteiger partial charge < -0.3 is 9.84 Å². The first-order valence-electron chi connectivity index (χ1n) is 3.98. The van der Waals surface area contributed by atoms with Crippen LogP contribution in [0.5, 0.6) is 0 Å². The van der Waals surface area contributed by atoms with Gasteiger partial charge in [0.2, 0.25) is 0 Å². The Morgan fingerprint density at radius 3 is 2.75 bits per heavy atom. The van der Waals surface area contributed by atoms with E-state index in [1.165, 1.54) is 5.56 Å². The van der Waals surface area contributed by atoms with Crippen LogP contribution in [0.3, 0.4) is 0 Å². The van der Waals surface area contributed by atoms with Crippen molar-refractivity contribution in [1.29, 1.82) is 0 Å². The fraction of sp³-hybridized carbons (Fsp3) is 0.400. The molecule has 1 N–H and O–H groups in total. The summed E-state index contributed by atoms with van der Waals surface area (Å²) in [5, 5.41) is 8.95. The molecule has 0 aliphatic rings. The summed E-state index contributed by atoms with van der Waals surface area (Å²) in [5.74, 6) is 0. The molecule has 0 fully saturated rings. The smallest absolute Gasteiger partial charge is 0.105 e. The minimum absolute atomic E-state index is 0.0277. The lowest BCUT2D eigenvalue weighted by atomic mass is 10.1. The summed E-state index contributed by atoms with van der Waals surface area (Å²) < 4.78 is 5.09. The number of hydrogen-bond donors (Lipinski definition) is 1. The van der Waals surface area contributed by atoms with E-state index in [0.29, 0.717) is 0 Å². The third kappa shape index (κ3) is 2.06. The van der Waals surface area contributed by atoms with Gasteiger partial charge in [-0.3, -0.25) is 0 Å². The fourth-order valence-corrected chi connectivity index (χ4v) is 1.19. The highest BCUT2D eigenvalue weighted by molar-refractivity contribution is 5.24. The number of aliphatic hydroxyl groups is 1. The van der Waals surface area contributed by atoms with E-state index in [4.69, 9.17) is 9.84 Å². The number of aryl methyl sites for hydroxylation is 1. The number of hydrogen-bond acceptors (Lipinski definition) is 2. The number of ether oxygens (including phenoxy) is 1. The molecule has 0 spiro atoms. The van der Waals surface area contributed by atoms with Crippen LogP contribution in [0.25, 0.3) is 0 Å². The number of aliphatic hydroxyl groups excluding tert-OH is 1. The van der Waals surface area contributed by atoms with Crippen molar-refractivity contribution in [1.82, 2.24) is 0 Å². The molecule has 0 saturated carbocycles. The number of benzene rings is 1. The highest BCUT2D eigenvalue weighted by Gasteiger charge is 2.07. The molecule has 2 nitrogen and oxygen atoms in total. The maximum atomic E-state index is 8.95. The monoisotopic (exact) mass is 166 g/mol. The molecule has 0 heterocycles. The first kappa shape index (κ1) is 9.23. The molecule has 12 heavy (non-hydrogen) atoms. The van der Waals surface area contributed by atoms with Crippen molar-refractivity contribution in [3.8, 4) is 0 Å². The molecule has 0 aliphatic carbocycles. The van der Waals surface area contributed by atoms with Gasteiger partial charge in [0, 0.05) is 7.11 Å². The second-order valence-electron chi connectivity index (χ2n) is 2.82. The van der Waals surface area contributed by atoms with Crippen molar-refractivity contribution in [2.75, 3.05) is 13.7 Å². The average Bonchev–Trinajstić information content (AvgIpc) is 2.07. The Balaban J connectivity index is 2.85. The van der Waals surface area contributed by atoms with Crippen LogP contribution in [0.15, 0.2) is 24.3 Å². The SMILES string of the molecule is CO[C@H](CO)c1cccc(C)c1. The van der Waals surface area contributed by atoms with Gasteiger partial charge in [0.25, 0.3) is 0 Å². The van der Waals surface area contributed by atoms with Crippen LogP contribution in [-0.2, 0) is 4.74 Å². The zero-order valence-electron chi connectivity index (χ0n) is 7.45. The van der Waals surface area contributed by atoms with E-state index in [0.717, 1.165) is 5.56 Å². The summed E-state index contributed by atoms with van der Waals surface area (Å²) in [4.78, 5) is 0. The zero-order valence-corrected chi connectivity index (χ0v) is 7.45. The molecule has 0 bridgehead atoms. The predicted molar refractivity (Wildman–Crippen MR) is 48.0 cm³/mol. The van der Waals surface area contributed by atoms with Gasteiger partial charge in [-0.2, -0.15) is 0 Å². The Labute approximate surface area is 72.8 Å². The Bertz CT molecular complexity index is 241. The molecule has 0 aliphatic heterocycles. The molecule has 66 valence electrons. The molecule has 0 saturated heterocycles. The Morgan fingerprint density at radius 1 is 1.50 bits per heavy atom. The second-order valence-corrected chi connectivity index (χ2v) is 2.82. The standard InChI is InChI=1S/C10H14O2/c1-8-4-3-5-9(6-8)10(7-11)12-2/h3-6,10-11H,7H2,1-2H3/t10-/m1/s1. The van der Waals surface area contributed by atoms with Crippen LogP contribution in [0.1, 0.15) is 17.2 Å². The van der Waals surface area contributed by atoms with E-state index in [1.807, 2.05) is 31.2 Å². The van der Waals surface area contributed by atoms with E-state index < -0.39 is 0 Å². The quantitative estimate of drug-likeness (QED) is 0.740. The van der Waals surface area contributed by atoms with Crippen molar-refractivity contribution in [2.45, 2.75) is 13.0 Å². The average molecular weight is 166 g/mol. The summed E-state index contributed by atoms with van der Waals surface area (Å²) in [6.45, 7) is 2.05. The summed E-state index contributed by atoms with van der Waals surface area (Å²) >= 11 is 0. The molecule has 1 aromatic carbocycles. The molecule has 1 aromatic rings. The third-order valence-corrected chi connectivity index (χ3v) is 1.86. The highest BCUT2D eigenvalue weighted by atomic mass is 16.5. The number of methoxy groups -OCH3 is 1. The van der Waals surface area contributed by atoms with Crippen LogP contribution in [0.4, 0.5) is 0 Å². The van der Waals surface area contributed by atoms with Gasteiger partial charge in [-0.05, 0) is 12.5 Å². The van der Waals surface area contributed by atoms with E-state index in [9.17, 15) is 0 Å². The van der Waals surface area contributed by atoms with Gasteiger partial charge in [-0.1, -0.05) is 29.8 Å².